The molecule has 0 heterocycles. The van der Waals surface area contributed by atoms with Crippen molar-refractivity contribution in [3.63, 3.8) is 0 Å². The van der Waals surface area contributed by atoms with Crippen LogP contribution in [0.2, 0.25) is 0 Å². The van der Waals surface area contributed by atoms with Crippen LogP contribution in [0.15, 0.2) is 12.1 Å². The highest BCUT2D eigenvalue weighted by atomic mass is 16.5. The van der Waals surface area contributed by atoms with E-state index in [2.05, 4.69) is 0 Å². The summed E-state index contributed by atoms with van der Waals surface area (Å²) in [5, 5.41) is 8.92. The maximum absolute atomic E-state index is 10.9. The lowest BCUT2D eigenvalue weighted by Gasteiger charge is -2.13. The van der Waals surface area contributed by atoms with E-state index in [9.17, 15) is 4.79 Å². The van der Waals surface area contributed by atoms with Crippen LogP contribution < -0.4 is 9.47 Å². The van der Waals surface area contributed by atoms with Crippen LogP contribution in [-0.2, 0) is 6.42 Å². The number of benzene rings is 1. The number of carboxylic acids is 1. The van der Waals surface area contributed by atoms with Gasteiger partial charge in [0.05, 0.1) is 14.2 Å². The third-order valence-corrected chi connectivity index (χ3v) is 2.08. The minimum Gasteiger partial charge on any atom is -0.496 e. The Morgan fingerprint density at radius 2 is 2.07 bits per heavy atom. The Morgan fingerprint density at radius 3 is 2.47 bits per heavy atom. The second kappa shape index (κ2) is 4.68. The monoisotopic (exact) mass is 208 g/mol. The van der Waals surface area contributed by atoms with E-state index < -0.39 is 5.97 Å². The van der Waals surface area contributed by atoms with Gasteiger partial charge in [-0.15, -0.1) is 0 Å². The Kier molecular flexibility index (Phi) is 3.55. The molecule has 1 aromatic rings. The smallest absolute Gasteiger partial charge is 0.339 e. The molecule has 0 amide bonds. The number of methoxy groups -OCH3 is 2. The maximum Gasteiger partial charge on any atom is 0.339 e. The quantitative estimate of drug-likeness (QED) is 0.817. The molecule has 0 saturated heterocycles. The van der Waals surface area contributed by atoms with E-state index in [4.69, 9.17) is 21.5 Å². The minimum absolute atomic E-state index is 0.0822. The van der Waals surface area contributed by atoms with Gasteiger partial charge in [-0.2, -0.15) is 0 Å². The molecule has 0 aliphatic carbocycles. The van der Waals surface area contributed by atoms with Crippen molar-refractivity contribution in [2.24, 2.45) is 0 Å². The first-order chi connectivity index (χ1) is 7.15. The third kappa shape index (κ3) is 2.03. The number of aromatic carboxylic acids is 1. The van der Waals surface area contributed by atoms with Gasteiger partial charge in [0.15, 0.2) is 0 Å². The number of carbonyl (C=O) groups is 1. The number of rotatable bonds is 4. The normalized spacial score (nSPS) is 9.80. The largest absolute Gasteiger partial charge is 0.496 e. The molecule has 80 valence electrons. The highest BCUT2D eigenvalue weighted by Crippen LogP contribution is 2.32. The van der Waals surface area contributed by atoms with E-state index in [-0.39, 0.29) is 17.7 Å². The molecule has 0 aliphatic rings. The molecule has 0 aromatic heterocycles. The first-order valence-electron chi connectivity index (χ1n) is 4.32. The number of carboxylic acid groups (broad SMARTS) is 1. The zero-order valence-electron chi connectivity index (χ0n) is 8.61. The minimum atomic E-state index is -1.05. The van der Waals surface area contributed by atoms with Gasteiger partial charge in [-0.1, -0.05) is 0 Å². The average molecular weight is 208 g/mol. The predicted molar refractivity (Wildman–Crippen MR) is 54.5 cm³/mol. The van der Waals surface area contributed by atoms with Crippen LogP contribution in [0.25, 0.3) is 0 Å². The number of hydrogen-bond donors (Lipinski definition) is 1. The van der Waals surface area contributed by atoms with Crippen molar-refractivity contribution in [1.82, 2.24) is 0 Å². The van der Waals surface area contributed by atoms with E-state index in [1.807, 2.05) is 0 Å². The van der Waals surface area contributed by atoms with Gasteiger partial charge in [0.25, 0.3) is 0 Å². The van der Waals surface area contributed by atoms with Gasteiger partial charge in [0.1, 0.15) is 17.1 Å². The molecular formula is C11H12O4. The van der Waals surface area contributed by atoms with Crippen molar-refractivity contribution in [3.05, 3.63) is 30.2 Å². The molecule has 15 heavy (non-hydrogen) atoms. The van der Waals surface area contributed by atoms with Crippen LogP contribution in [0.1, 0.15) is 15.9 Å². The van der Waals surface area contributed by atoms with Crippen LogP contribution in [0, 0.1) is 6.92 Å². The molecular weight excluding hydrogens is 196 g/mol. The van der Waals surface area contributed by atoms with Gasteiger partial charge in [0.2, 0.25) is 0 Å². The van der Waals surface area contributed by atoms with Crippen LogP contribution in [0.3, 0.4) is 0 Å². The Hall–Kier alpha value is -1.71. The molecule has 4 heteroatoms. The van der Waals surface area contributed by atoms with Crippen molar-refractivity contribution in [2.75, 3.05) is 14.2 Å². The van der Waals surface area contributed by atoms with E-state index >= 15 is 0 Å². The molecule has 0 spiro atoms. The highest BCUT2D eigenvalue weighted by Gasteiger charge is 2.17. The number of ether oxygens (including phenoxy) is 2. The molecule has 0 saturated carbocycles. The van der Waals surface area contributed by atoms with Crippen LogP contribution in [-0.4, -0.2) is 25.3 Å². The van der Waals surface area contributed by atoms with Gasteiger partial charge in [-0.25, -0.2) is 4.79 Å². The van der Waals surface area contributed by atoms with Crippen LogP contribution in [0.4, 0.5) is 0 Å². The number of hydrogen-bond acceptors (Lipinski definition) is 3. The van der Waals surface area contributed by atoms with Crippen molar-refractivity contribution < 1.29 is 19.4 Å². The van der Waals surface area contributed by atoms with Crippen molar-refractivity contribution in [1.29, 1.82) is 0 Å². The molecule has 1 aromatic carbocycles. The van der Waals surface area contributed by atoms with E-state index in [0.717, 1.165) is 0 Å². The first kappa shape index (κ1) is 11.4. The molecule has 4 nitrogen and oxygen atoms in total. The summed E-state index contributed by atoms with van der Waals surface area (Å²) in [5.74, 6) is -0.270. The van der Waals surface area contributed by atoms with E-state index in [1.165, 1.54) is 20.3 Å². The fraction of sp³-hybridized carbons (Fsp3) is 0.273. The summed E-state index contributed by atoms with van der Waals surface area (Å²) in [5.41, 5.74) is 0.638. The lowest BCUT2D eigenvalue weighted by molar-refractivity contribution is 0.0693. The average Bonchev–Trinajstić information content (AvgIpc) is 2.26. The third-order valence-electron chi connectivity index (χ3n) is 2.08. The van der Waals surface area contributed by atoms with Crippen LogP contribution >= 0.6 is 0 Å². The van der Waals surface area contributed by atoms with Crippen LogP contribution in [0.5, 0.6) is 11.5 Å². The molecule has 0 aliphatic heterocycles. The Morgan fingerprint density at radius 1 is 1.40 bits per heavy atom. The van der Waals surface area contributed by atoms with Crippen molar-refractivity contribution >= 4 is 5.97 Å². The molecule has 0 unspecified atom stereocenters. The van der Waals surface area contributed by atoms with E-state index in [1.54, 1.807) is 6.07 Å². The molecule has 1 rings (SSSR count). The second-order valence-electron chi connectivity index (χ2n) is 2.84. The summed E-state index contributed by atoms with van der Waals surface area (Å²) in [6.07, 6.45) is 0.160. The van der Waals surface area contributed by atoms with E-state index in [0.29, 0.717) is 11.3 Å². The van der Waals surface area contributed by atoms with Crippen molar-refractivity contribution in [2.45, 2.75) is 6.42 Å². The lowest BCUT2D eigenvalue weighted by Crippen LogP contribution is -2.04. The highest BCUT2D eigenvalue weighted by molar-refractivity contribution is 5.92. The fourth-order valence-corrected chi connectivity index (χ4v) is 1.40. The fourth-order valence-electron chi connectivity index (χ4n) is 1.40. The summed E-state index contributed by atoms with van der Waals surface area (Å²) in [6, 6.07) is 2.99. The topological polar surface area (TPSA) is 55.8 Å². The Labute approximate surface area is 88.4 Å². The summed E-state index contributed by atoms with van der Waals surface area (Å²) >= 11 is 0. The Balaban J connectivity index is 3.40. The van der Waals surface area contributed by atoms with Crippen molar-refractivity contribution in [3.8, 4) is 11.5 Å². The molecule has 0 fully saturated rings. The van der Waals surface area contributed by atoms with Gasteiger partial charge < -0.3 is 14.6 Å². The molecule has 0 atom stereocenters. The predicted octanol–water partition coefficient (Wildman–Crippen LogP) is 1.66. The van der Waals surface area contributed by atoms with Gasteiger partial charge in [-0.05, 0) is 25.5 Å². The van der Waals surface area contributed by atoms with Gasteiger partial charge >= 0.3 is 5.97 Å². The molecule has 2 radical (unpaired) electrons. The van der Waals surface area contributed by atoms with Gasteiger partial charge in [0, 0.05) is 5.56 Å². The first-order valence-corrected chi connectivity index (χ1v) is 4.32. The SMILES string of the molecule is [CH]Cc1c(OC)ccc(C(=O)O)c1OC. The summed E-state index contributed by atoms with van der Waals surface area (Å²) < 4.78 is 10.1. The maximum atomic E-state index is 10.9. The zero-order valence-corrected chi connectivity index (χ0v) is 8.61. The molecule has 1 N–H and O–H groups in total. The Bertz CT molecular complexity index is 371. The summed E-state index contributed by atoms with van der Waals surface area (Å²) in [4.78, 5) is 10.9. The standard InChI is InChI=1S/C11H12O4/c1-4-7-9(14-2)6-5-8(11(12)13)10(7)15-3/h1,5-6H,4H2,2-3H3,(H,12,13). The summed E-state index contributed by atoms with van der Waals surface area (Å²) in [7, 11) is 2.90. The summed E-state index contributed by atoms with van der Waals surface area (Å²) in [6.45, 7) is 5.52. The van der Waals surface area contributed by atoms with Gasteiger partial charge in [-0.3, -0.25) is 0 Å². The lowest BCUT2D eigenvalue weighted by atomic mass is 10.1. The zero-order chi connectivity index (χ0) is 11.4. The molecule has 0 bridgehead atoms. The second-order valence-corrected chi connectivity index (χ2v) is 2.84.